The molecule has 0 unspecified atom stereocenters. The smallest absolute Gasteiger partial charge is 0.313 e. The SMILES string of the molecule is CCOC(=O)CC(=O)C(C)(C)Cl. The van der Waals surface area contributed by atoms with Gasteiger partial charge in [0.2, 0.25) is 0 Å². The highest BCUT2D eigenvalue weighted by Crippen LogP contribution is 2.15. The number of hydrogen-bond acceptors (Lipinski definition) is 3. The molecule has 0 fully saturated rings. The summed E-state index contributed by atoms with van der Waals surface area (Å²) in [6.07, 6.45) is -0.246. The molecule has 0 saturated heterocycles. The van der Waals surface area contributed by atoms with Crippen molar-refractivity contribution in [1.82, 2.24) is 0 Å². The van der Waals surface area contributed by atoms with E-state index in [1.807, 2.05) is 0 Å². The lowest BCUT2D eigenvalue weighted by Crippen LogP contribution is -2.27. The average Bonchev–Trinajstić information content (AvgIpc) is 1.85. The highest BCUT2D eigenvalue weighted by Gasteiger charge is 2.26. The van der Waals surface area contributed by atoms with Gasteiger partial charge in [-0.25, -0.2) is 0 Å². The van der Waals surface area contributed by atoms with E-state index in [2.05, 4.69) is 4.74 Å². The number of carbonyl (C=O) groups excluding carboxylic acids is 2. The second kappa shape index (κ2) is 4.45. The van der Waals surface area contributed by atoms with Gasteiger partial charge in [-0.2, -0.15) is 0 Å². The van der Waals surface area contributed by atoms with Crippen LogP contribution in [0.5, 0.6) is 0 Å². The summed E-state index contributed by atoms with van der Waals surface area (Å²) in [6, 6.07) is 0. The normalized spacial score (nSPS) is 11.0. The Bertz CT molecular complexity index is 181. The molecule has 0 aromatic rings. The summed E-state index contributed by atoms with van der Waals surface area (Å²) in [5, 5.41) is 0. The monoisotopic (exact) mass is 192 g/mol. The third-order valence-corrected chi connectivity index (χ3v) is 1.48. The standard InChI is InChI=1S/C8H13ClO3/c1-4-12-7(11)5-6(10)8(2,3)9/h4-5H2,1-3H3. The number of carbonyl (C=O) groups is 2. The second-order valence-electron chi connectivity index (χ2n) is 2.88. The molecule has 0 spiro atoms. The first-order valence-corrected chi connectivity index (χ1v) is 4.13. The van der Waals surface area contributed by atoms with Gasteiger partial charge >= 0.3 is 5.97 Å². The molecule has 0 bridgehead atoms. The lowest BCUT2D eigenvalue weighted by atomic mass is 10.1. The molecular formula is C8H13ClO3. The van der Waals surface area contributed by atoms with Crippen LogP contribution in [0.25, 0.3) is 0 Å². The van der Waals surface area contributed by atoms with Gasteiger partial charge in [0, 0.05) is 0 Å². The van der Waals surface area contributed by atoms with Crippen molar-refractivity contribution in [2.75, 3.05) is 6.61 Å². The van der Waals surface area contributed by atoms with Gasteiger partial charge in [-0.05, 0) is 20.8 Å². The maximum atomic E-state index is 11.1. The molecule has 70 valence electrons. The number of ether oxygens (including phenoxy) is 1. The van der Waals surface area contributed by atoms with Gasteiger partial charge < -0.3 is 4.74 Å². The number of ketones is 1. The van der Waals surface area contributed by atoms with Crippen molar-refractivity contribution in [1.29, 1.82) is 0 Å². The van der Waals surface area contributed by atoms with Crippen molar-refractivity contribution >= 4 is 23.4 Å². The third-order valence-electron chi connectivity index (χ3n) is 1.27. The first-order chi connectivity index (χ1) is 5.38. The average molecular weight is 193 g/mol. The fourth-order valence-corrected chi connectivity index (χ4v) is 0.620. The Morgan fingerprint density at radius 1 is 1.42 bits per heavy atom. The Morgan fingerprint density at radius 3 is 2.25 bits per heavy atom. The minimum absolute atomic E-state index is 0.246. The zero-order valence-corrected chi connectivity index (χ0v) is 8.27. The van der Waals surface area contributed by atoms with Crippen LogP contribution >= 0.6 is 11.6 Å². The molecule has 3 nitrogen and oxygen atoms in total. The molecule has 0 aromatic heterocycles. The summed E-state index contributed by atoms with van der Waals surface area (Å²) in [5.74, 6) is -0.834. The van der Waals surface area contributed by atoms with Gasteiger partial charge in [0.1, 0.15) is 6.42 Å². The summed E-state index contributed by atoms with van der Waals surface area (Å²) in [5.41, 5.74) is 0. The molecular weight excluding hydrogens is 180 g/mol. The van der Waals surface area contributed by atoms with E-state index in [-0.39, 0.29) is 18.8 Å². The zero-order chi connectivity index (χ0) is 9.78. The first-order valence-electron chi connectivity index (χ1n) is 3.75. The van der Waals surface area contributed by atoms with Crippen molar-refractivity contribution in [3.63, 3.8) is 0 Å². The molecule has 0 amide bonds. The zero-order valence-electron chi connectivity index (χ0n) is 7.52. The lowest BCUT2D eigenvalue weighted by Gasteiger charge is -2.12. The van der Waals surface area contributed by atoms with Crippen LogP contribution in [0.3, 0.4) is 0 Å². The van der Waals surface area contributed by atoms with E-state index in [4.69, 9.17) is 11.6 Å². The van der Waals surface area contributed by atoms with Crippen LogP contribution in [0.1, 0.15) is 27.2 Å². The Morgan fingerprint density at radius 2 is 1.92 bits per heavy atom. The highest BCUT2D eigenvalue weighted by molar-refractivity contribution is 6.35. The van der Waals surface area contributed by atoms with Gasteiger partial charge in [0.25, 0.3) is 0 Å². The minimum atomic E-state index is -0.979. The number of rotatable bonds is 4. The molecule has 0 atom stereocenters. The Hall–Kier alpha value is -0.570. The van der Waals surface area contributed by atoms with E-state index in [1.54, 1.807) is 20.8 Å². The molecule has 4 heteroatoms. The number of Topliss-reactive ketones (excluding diaryl/α,β-unsaturated/α-hetero) is 1. The molecule has 0 aromatic carbocycles. The predicted octanol–water partition coefficient (Wildman–Crippen LogP) is 1.53. The fraction of sp³-hybridized carbons (Fsp3) is 0.750. The van der Waals surface area contributed by atoms with Gasteiger partial charge in [-0.3, -0.25) is 9.59 Å². The maximum Gasteiger partial charge on any atom is 0.313 e. The van der Waals surface area contributed by atoms with E-state index >= 15 is 0 Å². The predicted molar refractivity (Wildman–Crippen MR) is 46.2 cm³/mol. The fourth-order valence-electron chi connectivity index (χ4n) is 0.553. The maximum absolute atomic E-state index is 11.1. The third kappa shape index (κ3) is 4.34. The van der Waals surface area contributed by atoms with Crippen LogP contribution in [-0.2, 0) is 14.3 Å². The summed E-state index contributed by atoms with van der Waals surface area (Å²) in [4.78, 5) is 20.9. The highest BCUT2D eigenvalue weighted by atomic mass is 35.5. The summed E-state index contributed by atoms with van der Waals surface area (Å²) >= 11 is 5.67. The van der Waals surface area contributed by atoms with Gasteiger partial charge in [0.15, 0.2) is 5.78 Å². The van der Waals surface area contributed by atoms with Gasteiger partial charge in [-0.15, -0.1) is 11.6 Å². The topological polar surface area (TPSA) is 43.4 Å². The van der Waals surface area contributed by atoms with Crippen LogP contribution in [-0.4, -0.2) is 23.2 Å². The van der Waals surface area contributed by atoms with Crippen molar-refractivity contribution in [3.8, 4) is 0 Å². The summed E-state index contributed by atoms with van der Waals surface area (Å²) < 4.78 is 4.59. The van der Waals surface area contributed by atoms with Gasteiger partial charge in [0.05, 0.1) is 11.5 Å². The second-order valence-corrected chi connectivity index (χ2v) is 3.82. The van der Waals surface area contributed by atoms with Crippen molar-refractivity contribution < 1.29 is 14.3 Å². The molecule has 0 aliphatic heterocycles. The molecule has 0 aliphatic carbocycles. The molecule has 0 aliphatic rings. The Balaban J connectivity index is 3.94. The number of hydrogen-bond donors (Lipinski definition) is 0. The number of esters is 1. The molecule has 0 rings (SSSR count). The Kier molecular flexibility index (Phi) is 4.24. The molecule has 0 heterocycles. The first kappa shape index (κ1) is 11.4. The van der Waals surface area contributed by atoms with Crippen molar-refractivity contribution in [3.05, 3.63) is 0 Å². The number of halogens is 1. The van der Waals surface area contributed by atoms with Crippen LogP contribution in [0.4, 0.5) is 0 Å². The largest absolute Gasteiger partial charge is 0.466 e. The van der Waals surface area contributed by atoms with Crippen LogP contribution in [0.15, 0.2) is 0 Å². The molecule has 0 saturated carbocycles. The van der Waals surface area contributed by atoms with E-state index in [0.29, 0.717) is 0 Å². The molecule has 12 heavy (non-hydrogen) atoms. The summed E-state index contributed by atoms with van der Waals surface area (Å²) in [7, 11) is 0. The molecule has 0 N–H and O–H groups in total. The van der Waals surface area contributed by atoms with Crippen molar-refractivity contribution in [2.45, 2.75) is 32.1 Å². The lowest BCUT2D eigenvalue weighted by molar-refractivity contribution is -0.145. The summed E-state index contributed by atoms with van der Waals surface area (Å²) in [6.45, 7) is 5.08. The van der Waals surface area contributed by atoms with E-state index in [0.717, 1.165) is 0 Å². The molecule has 0 radical (unpaired) electrons. The quantitative estimate of drug-likeness (QED) is 0.386. The van der Waals surface area contributed by atoms with E-state index < -0.39 is 10.8 Å². The van der Waals surface area contributed by atoms with Gasteiger partial charge in [-0.1, -0.05) is 0 Å². The minimum Gasteiger partial charge on any atom is -0.466 e. The van der Waals surface area contributed by atoms with E-state index in [1.165, 1.54) is 0 Å². The number of alkyl halides is 1. The van der Waals surface area contributed by atoms with Crippen LogP contribution in [0, 0.1) is 0 Å². The van der Waals surface area contributed by atoms with Crippen LogP contribution in [0.2, 0.25) is 0 Å². The van der Waals surface area contributed by atoms with Crippen molar-refractivity contribution in [2.24, 2.45) is 0 Å². The van der Waals surface area contributed by atoms with E-state index in [9.17, 15) is 9.59 Å². The van der Waals surface area contributed by atoms with Crippen LogP contribution < -0.4 is 0 Å². The Labute approximate surface area is 77.0 Å².